The van der Waals surface area contributed by atoms with Crippen molar-refractivity contribution < 1.29 is 31.1 Å². The number of alkyl halides is 6. The van der Waals surface area contributed by atoms with Crippen molar-refractivity contribution in [3.63, 3.8) is 0 Å². The predicted molar refractivity (Wildman–Crippen MR) is 39.8 cm³/mol. The van der Waals surface area contributed by atoms with Crippen LogP contribution in [-0.4, -0.2) is 22.6 Å². The average Bonchev–Trinajstić information content (AvgIpc) is 2.41. The van der Waals surface area contributed by atoms with Crippen LogP contribution in [0.1, 0.15) is 5.69 Å². The van der Waals surface area contributed by atoms with Crippen LogP contribution >= 0.6 is 0 Å². The Balaban J connectivity index is 2.88. The van der Waals surface area contributed by atoms with E-state index in [0.29, 0.717) is 0 Å². The van der Waals surface area contributed by atoms with Gasteiger partial charge < -0.3 is 4.74 Å². The number of ether oxygens (including phenoxy) is 1. The van der Waals surface area contributed by atoms with Crippen molar-refractivity contribution >= 4 is 0 Å². The molecule has 0 N–H and O–H groups in total. The number of hydrogen-bond acceptors (Lipinski definition) is 2. The second-order valence-electron chi connectivity index (χ2n) is 2.92. The topological polar surface area (TPSA) is 27.1 Å². The molecule has 16 heavy (non-hydrogen) atoms. The Hall–Kier alpha value is -1.41. The van der Waals surface area contributed by atoms with E-state index in [1.165, 1.54) is 0 Å². The fourth-order valence-corrected chi connectivity index (χ4v) is 0.928. The maximum Gasteiger partial charge on any atom is 0.438 e. The third kappa shape index (κ3) is 3.31. The summed E-state index contributed by atoms with van der Waals surface area (Å²) in [6, 6.07) is 0. The molecule has 0 aromatic carbocycles. The van der Waals surface area contributed by atoms with Gasteiger partial charge in [-0.05, 0) is 0 Å². The van der Waals surface area contributed by atoms with Crippen molar-refractivity contribution in [2.24, 2.45) is 7.05 Å². The fraction of sp³-hybridized carbons (Fsp3) is 0.571. The van der Waals surface area contributed by atoms with Crippen LogP contribution in [0.15, 0.2) is 6.20 Å². The first-order valence-electron chi connectivity index (χ1n) is 3.90. The van der Waals surface area contributed by atoms with Crippen molar-refractivity contribution in [2.75, 3.05) is 6.61 Å². The second kappa shape index (κ2) is 3.87. The van der Waals surface area contributed by atoms with E-state index in [2.05, 4.69) is 9.84 Å². The third-order valence-corrected chi connectivity index (χ3v) is 1.46. The van der Waals surface area contributed by atoms with Crippen LogP contribution in [0.3, 0.4) is 0 Å². The number of rotatable bonds is 2. The summed E-state index contributed by atoms with van der Waals surface area (Å²) in [4.78, 5) is 0. The average molecular weight is 248 g/mol. The molecule has 0 atom stereocenters. The molecule has 0 aliphatic rings. The maximum absolute atomic E-state index is 12.2. The van der Waals surface area contributed by atoms with Gasteiger partial charge in [-0.15, -0.1) is 0 Å². The molecule has 9 heteroatoms. The molecular formula is C7H6F6N2O. The van der Waals surface area contributed by atoms with Gasteiger partial charge in [-0.1, -0.05) is 0 Å². The first-order valence-corrected chi connectivity index (χ1v) is 3.90. The van der Waals surface area contributed by atoms with Crippen molar-refractivity contribution in [3.8, 4) is 5.75 Å². The minimum Gasteiger partial charge on any atom is -0.480 e. The van der Waals surface area contributed by atoms with Crippen molar-refractivity contribution in [1.82, 2.24) is 9.78 Å². The summed E-state index contributed by atoms with van der Waals surface area (Å²) >= 11 is 0. The van der Waals surface area contributed by atoms with Gasteiger partial charge in [-0.3, -0.25) is 4.68 Å². The van der Waals surface area contributed by atoms with Gasteiger partial charge in [0.1, 0.15) is 0 Å². The van der Waals surface area contributed by atoms with Crippen molar-refractivity contribution in [2.45, 2.75) is 12.4 Å². The van der Waals surface area contributed by atoms with Gasteiger partial charge >= 0.3 is 12.4 Å². The SMILES string of the molecule is Cn1cc(OCC(F)(F)F)c(C(F)(F)F)n1. The first kappa shape index (κ1) is 12.7. The van der Waals surface area contributed by atoms with E-state index in [4.69, 9.17) is 0 Å². The maximum atomic E-state index is 12.2. The zero-order chi connectivity index (χ0) is 12.6. The Kier molecular flexibility index (Phi) is 3.06. The quantitative estimate of drug-likeness (QED) is 0.751. The summed E-state index contributed by atoms with van der Waals surface area (Å²) in [5.41, 5.74) is -1.47. The Morgan fingerprint density at radius 1 is 1.25 bits per heavy atom. The molecule has 0 bridgehead atoms. The van der Waals surface area contributed by atoms with Crippen LogP contribution in [0.2, 0.25) is 0 Å². The molecule has 0 saturated heterocycles. The molecule has 0 aliphatic carbocycles. The van der Waals surface area contributed by atoms with Crippen LogP contribution in [0.25, 0.3) is 0 Å². The summed E-state index contributed by atoms with van der Waals surface area (Å²) < 4.78 is 76.7. The van der Waals surface area contributed by atoms with Crippen LogP contribution in [0, 0.1) is 0 Å². The van der Waals surface area contributed by atoms with Gasteiger partial charge in [0, 0.05) is 7.05 Å². The molecule has 0 amide bonds. The summed E-state index contributed by atoms with van der Waals surface area (Å²) in [6.45, 7) is -1.79. The number of nitrogens with zero attached hydrogens (tertiary/aromatic N) is 2. The minimum absolute atomic E-state index is 0.731. The highest BCUT2D eigenvalue weighted by atomic mass is 19.4. The van der Waals surface area contributed by atoms with Crippen LogP contribution in [0.5, 0.6) is 5.75 Å². The normalized spacial score (nSPS) is 12.9. The van der Waals surface area contributed by atoms with Crippen molar-refractivity contribution in [1.29, 1.82) is 0 Å². The van der Waals surface area contributed by atoms with Crippen molar-refractivity contribution in [3.05, 3.63) is 11.9 Å². The van der Waals surface area contributed by atoms with Gasteiger partial charge in [0.25, 0.3) is 0 Å². The first-order chi connectivity index (χ1) is 7.09. The van der Waals surface area contributed by atoms with E-state index in [9.17, 15) is 26.3 Å². The summed E-state index contributed by atoms with van der Waals surface area (Å²) in [6.07, 6.45) is -8.81. The Bertz CT molecular complexity index is 366. The van der Waals surface area contributed by atoms with Crippen LogP contribution < -0.4 is 4.74 Å². The molecule has 0 aliphatic heterocycles. The fourth-order valence-electron chi connectivity index (χ4n) is 0.928. The monoisotopic (exact) mass is 248 g/mol. The molecule has 0 unspecified atom stereocenters. The lowest BCUT2D eigenvalue weighted by Crippen LogP contribution is -2.20. The molecule has 92 valence electrons. The highest BCUT2D eigenvalue weighted by Gasteiger charge is 2.39. The Labute approximate surface area is 85.6 Å². The van der Waals surface area contributed by atoms with Crippen LogP contribution in [-0.2, 0) is 13.2 Å². The molecule has 0 radical (unpaired) electrons. The number of hydrogen-bond donors (Lipinski definition) is 0. The molecule has 1 rings (SSSR count). The van der Waals surface area contributed by atoms with E-state index in [-0.39, 0.29) is 0 Å². The molecule has 0 fully saturated rings. The van der Waals surface area contributed by atoms with Gasteiger partial charge in [0.15, 0.2) is 12.4 Å². The molecular weight excluding hydrogens is 242 g/mol. The van der Waals surface area contributed by atoms with E-state index >= 15 is 0 Å². The summed E-state index contributed by atoms with van der Waals surface area (Å²) in [5, 5.41) is 2.98. The van der Waals surface area contributed by atoms with Gasteiger partial charge in [0.2, 0.25) is 5.69 Å². The Morgan fingerprint density at radius 2 is 1.81 bits per heavy atom. The van der Waals surface area contributed by atoms with Gasteiger partial charge in [0.05, 0.1) is 6.20 Å². The van der Waals surface area contributed by atoms with Gasteiger partial charge in [-0.25, -0.2) is 0 Å². The number of aromatic nitrogens is 2. The van der Waals surface area contributed by atoms with Crippen LogP contribution in [0.4, 0.5) is 26.3 Å². The number of halogens is 6. The molecule has 1 aromatic heterocycles. The zero-order valence-corrected chi connectivity index (χ0v) is 7.85. The highest BCUT2D eigenvalue weighted by molar-refractivity contribution is 5.27. The number of aryl methyl sites for hydroxylation is 1. The van der Waals surface area contributed by atoms with E-state index in [0.717, 1.165) is 17.9 Å². The second-order valence-corrected chi connectivity index (χ2v) is 2.92. The van der Waals surface area contributed by atoms with E-state index in [1.54, 1.807) is 0 Å². The van der Waals surface area contributed by atoms with E-state index in [1.807, 2.05) is 0 Å². The lowest BCUT2D eigenvalue weighted by Gasteiger charge is -2.09. The standard InChI is InChI=1S/C7H6F6N2O/c1-15-2-4(16-3-6(8,9)10)5(14-15)7(11,12)13/h2H,3H2,1H3. The molecule has 0 spiro atoms. The zero-order valence-electron chi connectivity index (χ0n) is 7.85. The molecule has 1 aromatic rings. The smallest absolute Gasteiger partial charge is 0.438 e. The molecule has 0 saturated carbocycles. The van der Waals surface area contributed by atoms with Gasteiger partial charge in [-0.2, -0.15) is 31.4 Å². The lowest BCUT2D eigenvalue weighted by molar-refractivity contribution is -0.159. The summed E-state index contributed by atoms with van der Waals surface area (Å²) in [5.74, 6) is -0.938. The Morgan fingerprint density at radius 3 is 2.25 bits per heavy atom. The largest absolute Gasteiger partial charge is 0.480 e. The third-order valence-electron chi connectivity index (χ3n) is 1.46. The summed E-state index contributed by atoms with van der Waals surface area (Å²) in [7, 11) is 1.15. The lowest BCUT2D eigenvalue weighted by atomic mass is 10.4. The highest BCUT2D eigenvalue weighted by Crippen LogP contribution is 2.35. The molecule has 1 heterocycles. The predicted octanol–water partition coefficient (Wildman–Crippen LogP) is 2.38. The minimum atomic E-state index is -4.85. The van der Waals surface area contributed by atoms with E-state index < -0.39 is 30.4 Å². The molecule has 3 nitrogen and oxygen atoms in total.